The lowest BCUT2D eigenvalue weighted by Crippen LogP contribution is -2.49. The van der Waals surface area contributed by atoms with Crippen molar-refractivity contribution < 1.29 is 4.79 Å². The van der Waals surface area contributed by atoms with E-state index in [9.17, 15) is 4.79 Å². The van der Waals surface area contributed by atoms with Gasteiger partial charge < -0.3 is 4.90 Å². The summed E-state index contributed by atoms with van der Waals surface area (Å²) in [5, 5.41) is 4.84. The Kier molecular flexibility index (Phi) is 4.07. The van der Waals surface area contributed by atoms with Crippen molar-refractivity contribution in [3.63, 3.8) is 0 Å². The fraction of sp³-hybridized carbons (Fsp3) is 0.545. The van der Waals surface area contributed by atoms with Gasteiger partial charge in [-0.05, 0) is 63.0 Å². The highest BCUT2D eigenvalue weighted by atomic mass is 16.2. The van der Waals surface area contributed by atoms with Crippen molar-refractivity contribution >= 4 is 5.91 Å². The molecule has 2 aliphatic carbocycles. The standard InChI is InChI=1S/C22H27N3O/c26-22(24-15-7-9-16-8-4-5-13-19(16)24)21-18-12-6-14-20(18)25(23-21)17-10-2-1-3-11-17/h1-3,10-11,16,19H,4-9,12-15H2/t16-,19+/m1/s1. The Morgan fingerprint density at radius 1 is 0.962 bits per heavy atom. The third-order valence-corrected chi connectivity index (χ3v) is 6.64. The van der Waals surface area contributed by atoms with E-state index in [1.807, 2.05) is 22.9 Å². The summed E-state index contributed by atoms with van der Waals surface area (Å²) in [6.45, 7) is 0.910. The summed E-state index contributed by atoms with van der Waals surface area (Å²) in [5.41, 5.74) is 4.25. The number of aromatic nitrogens is 2. The van der Waals surface area contributed by atoms with E-state index in [2.05, 4.69) is 17.0 Å². The quantitative estimate of drug-likeness (QED) is 0.817. The lowest BCUT2D eigenvalue weighted by Gasteiger charge is -2.44. The Labute approximate surface area is 155 Å². The summed E-state index contributed by atoms with van der Waals surface area (Å²) in [6, 6.07) is 10.7. The molecule has 2 heterocycles. The Morgan fingerprint density at radius 2 is 1.77 bits per heavy atom. The van der Waals surface area contributed by atoms with Crippen LogP contribution in [0.3, 0.4) is 0 Å². The molecule has 1 saturated carbocycles. The number of nitrogens with zero attached hydrogens (tertiary/aromatic N) is 3. The molecule has 26 heavy (non-hydrogen) atoms. The second-order valence-electron chi connectivity index (χ2n) is 8.13. The molecule has 1 aromatic heterocycles. The molecule has 0 N–H and O–H groups in total. The van der Waals surface area contributed by atoms with Crippen LogP contribution in [0.15, 0.2) is 30.3 Å². The predicted molar refractivity (Wildman–Crippen MR) is 102 cm³/mol. The second-order valence-corrected chi connectivity index (χ2v) is 8.13. The van der Waals surface area contributed by atoms with Gasteiger partial charge in [-0.1, -0.05) is 31.0 Å². The summed E-state index contributed by atoms with van der Waals surface area (Å²) >= 11 is 0. The maximum Gasteiger partial charge on any atom is 0.274 e. The van der Waals surface area contributed by atoms with Crippen LogP contribution in [0.2, 0.25) is 0 Å². The maximum atomic E-state index is 13.5. The number of para-hydroxylation sites is 1. The van der Waals surface area contributed by atoms with Crippen LogP contribution >= 0.6 is 0 Å². The van der Waals surface area contributed by atoms with Gasteiger partial charge >= 0.3 is 0 Å². The first-order chi connectivity index (χ1) is 12.8. The molecule has 0 radical (unpaired) electrons. The van der Waals surface area contributed by atoms with E-state index in [1.54, 1.807) is 0 Å². The number of piperidine rings is 1. The lowest BCUT2D eigenvalue weighted by molar-refractivity contribution is 0.0384. The first-order valence-electron chi connectivity index (χ1n) is 10.3. The van der Waals surface area contributed by atoms with Crippen LogP contribution in [0.25, 0.3) is 5.69 Å². The number of rotatable bonds is 2. The number of hydrogen-bond donors (Lipinski definition) is 0. The minimum absolute atomic E-state index is 0.189. The average Bonchev–Trinajstić information content (AvgIpc) is 3.30. The minimum atomic E-state index is 0.189. The van der Waals surface area contributed by atoms with Crippen molar-refractivity contribution in [2.24, 2.45) is 5.92 Å². The fourth-order valence-corrected chi connectivity index (χ4v) is 5.40. The Balaban J connectivity index is 1.51. The van der Waals surface area contributed by atoms with Crippen molar-refractivity contribution in [3.8, 4) is 5.69 Å². The molecule has 4 nitrogen and oxygen atoms in total. The molecular formula is C22H27N3O. The second kappa shape index (κ2) is 6.57. The molecule has 1 saturated heterocycles. The largest absolute Gasteiger partial charge is 0.334 e. The van der Waals surface area contributed by atoms with E-state index >= 15 is 0 Å². The number of carbonyl (C=O) groups excluding carboxylic acids is 1. The molecule has 4 heteroatoms. The molecule has 1 amide bonds. The van der Waals surface area contributed by atoms with Gasteiger partial charge in [0.25, 0.3) is 5.91 Å². The SMILES string of the molecule is O=C(c1nn(-c2ccccc2)c2c1CCC2)N1CCC[C@H]2CCCC[C@@H]21. The zero-order chi connectivity index (χ0) is 17.5. The highest BCUT2D eigenvalue weighted by Gasteiger charge is 2.38. The van der Waals surface area contributed by atoms with Gasteiger partial charge in [0, 0.05) is 23.8 Å². The van der Waals surface area contributed by atoms with E-state index in [1.165, 1.54) is 43.4 Å². The molecule has 0 spiro atoms. The topological polar surface area (TPSA) is 38.1 Å². The van der Waals surface area contributed by atoms with Gasteiger partial charge in [0.2, 0.25) is 0 Å². The molecule has 2 aromatic rings. The van der Waals surface area contributed by atoms with E-state index < -0.39 is 0 Å². The molecule has 5 rings (SSSR count). The zero-order valence-electron chi connectivity index (χ0n) is 15.4. The molecule has 0 unspecified atom stereocenters. The summed E-state index contributed by atoms with van der Waals surface area (Å²) in [7, 11) is 0. The van der Waals surface area contributed by atoms with Crippen molar-refractivity contribution in [1.29, 1.82) is 0 Å². The van der Waals surface area contributed by atoms with Crippen LogP contribution in [0, 0.1) is 5.92 Å². The summed E-state index contributed by atoms with van der Waals surface area (Å²) < 4.78 is 2.03. The first kappa shape index (κ1) is 16.1. The smallest absolute Gasteiger partial charge is 0.274 e. The van der Waals surface area contributed by atoms with Crippen LogP contribution in [0.4, 0.5) is 0 Å². The number of carbonyl (C=O) groups is 1. The third-order valence-electron chi connectivity index (χ3n) is 6.64. The fourth-order valence-electron chi connectivity index (χ4n) is 5.40. The van der Waals surface area contributed by atoms with Crippen molar-refractivity contribution in [2.45, 2.75) is 63.8 Å². The predicted octanol–water partition coefficient (Wildman–Crippen LogP) is 4.16. The molecule has 2 atom stereocenters. The monoisotopic (exact) mass is 349 g/mol. The summed E-state index contributed by atoms with van der Waals surface area (Å²) in [6.07, 6.45) is 10.7. The van der Waals surface area contributed by atoms with Crippen LogP contribution in [0.1, 0.15) is 66.7 Å². The van der Waals surface area contributed by atoms with E-state index in [0.717, 1.165) is 43.6 Å². The molecular weight excluding hydrogens is 322 g/mol. The van der Waals surface area contributed by atoms with Gasteiger partial charge in [-0.25, -0.2) is 4.68 Å². The molecule has 1 aromatic carbocycles. The molecule has 2 fully saturated rings. The van der Waals surface area contributed by atoms with Gasteiger partial charge in [-0.3, -0.25) is 4.79 Å². The molecule has 136 valence electrons. The van der Waals surface area contributed by atoms with E-state index in [-0.39, 0.29) is 5.91 Å². The van der Waals surface area contributed by atoms with Gasteiger partial charge in [-0.15, -0.1) is 0 Å². The van der Waals surface area contributed by atoms with Gasteiger partial charge in [0.1, 0.15) is 0 Å². The minimum Gasteiger partial charge on any atom is -0.334 e. The average molecular weight is 349 g/mol. The van der Waals surface area contributed by atoms with Crippen LogP contribution in [0.5, 0.6) is 0 Å². The normalized spacial score (nSPS) is 25.0. The number of benzene rings is 1. The van der Waals surface area contributed by atoms with Gasteiger partial charge in [0.15, 0.2) is 5.69 Å². The molecule has 0 bridgehead atoms. The van der Waals surface area contributed by atoms with E-state index in [4.69, 9.17) is 5.10 Å². The highest BCUT2D eigenvalue weighted by molar-refractivity contribution is 5.94. The van der Waals surface area contributed by atoms with E-state index in [0.29, 0.717) is 12.0 Å². The number of likely N-dealkylation sites (tertiary alicyclic amines) is 1. The Morgan fingerprint density at radius 3 is 2.65 bits per heavy atom. The number of hydrogen-bond acceptors (Lipinski definition) is 2. The summed E-state index contributed by atoms with van der Waals surface area (Å²) in [4.78, 5) is 15.7. The van der Waals surface area contributed by atoms with Crippen LogP contribution in [-0.4, -0.2) is 33.2 Å². The summed E-state index contributed by atoms with van der Waals surface area (Å²) in [5.74, 6) is 0.903. The van der Waals surface area contributed by atoms with Crippen molar-refractivity contribution in [3.05, 3.63) is 47.3 Å². The van der Waals surface area contributed by atoms with Crippen LogP contribution in [-0.2, 0) is 12.8 Å². The van der Waals surface area contributed by atoms with Crippen molar-refractivity contribution in [1.82, 2.24) is 14.7 Å². The first-order valence-corrected chi connectivity index (χ1v) is 10.3. The maximum absolute atomic E-state index is 13.5. The highest BCUT2D eigenvalue weighted by Crippen LogP contribution is 2.37. The van der Waals surface area contributed by atoms with Gasteiger partial charge in [0.05, 0.1) is 5.69 Å². The Hall–Kier alpha value is -2.10. The van der Waals surface area contributed by atoms with Gasteiger partial charge in [-0.2, -0.15) is 5.10 Å². The van der Waals surface area contributed by atoms with Crippen LogP contribution < -0.4 is 0 Å². The number of amides is 1. The zero-order valence-corrected chi connectivity index (χ0v) is 15.4. The third kappa shape index (κ3) is 2.58. The number of fused-ring (bicyclic) bond motifs is 2. The lowest BCUT2D eigenvalue weighted by atomic mass is 9.78. The Bertz CT molecular complexity index is 808. The molecule has 3 aliphatic rings. The molecule has 1 aliphatic heterocycles. The van der Waals surface area contributed by atoms with Crippen molar-refractivity contribution in [2.75, 3.05) is 6.54 Å².